The number of nitrogens with zero attached hydrogens (tertiary/aromatic N) is 5. The lowest BCUT2D eigenvalue weighted by Crippen LogP contribution is -1.94. The highest BCUT2D eigenvalue weighted by Crippen LogP contribution is 2.44. The van der Waals surface area contributed by atoms with Crippen LogP contribution in [0.15, 0.2) is 169 Å². The molecule has 6 aromatic heterocycles. The summed E-state index contributed by atoms with van der Waals surface area (Å²) in [5.74, 6) is 0. The molecule has 0 bridgehead atoms. The molecule has 0 aliphatic heterocycles. The fourth-order valence-corrected chi connectivity index (χ4v) is 7.86. The number of benzene rings is 5. The number of hydrogen-bond donors (Lipinski definition) is 0. The fraction of sp³-hybridized carbons (Fsp3) is 0. The Morgan fingerprint density at radius 3 is 1.55 bits per heavy atom. The van der Waals surface area contributed by atoms with Crippen LogP contribution in [0.4, 0.5) is 0 Å². The molecule has 6 heteroatoms. The van der Waals surface area contributed by atoms with Gasteiger partial charge in [0.05, 0.1) is 38.5 Å². The van der Waals surface area contributed by atoms with Gasteiger partial charge in [0, 0.05) is 46.3 Å². The highest BCUT2D eigenvalue weighted by Gasteiger charge is 2.23. The first-order valence-electron chi connectivity index (χ1n) is 17.0. The normalized spacial score (nSPS) is 11.9. The molecular weight excluding hydrogens is 627 g/mol. The van der Waals surface area contributed by atoms with E-state index in [4.69, 9.17) is 14.4 Å². The van der Waals surface area contributed by atoms with E-state index in [1.54, 1.807) is 0 Å². The minimum absolute atomic E-state index is 0.821. The number of hydrogen-bond acceptors (Lipinski definition) is 4. The van der Waals surface area contributed by atoms with Gasteiger partial charge in [-0.25, -0.2) is 0 Å². The molecular formula is C45H27N5O. The SMILES string of the molecule is c1ccc(-c2cccc(-n3c4cccnc4c4c5oc6c(ccc7c6c6ncccc6n7-c6cccc(-c7ccccn7)c6)c5ccc43)c2)cc1. The van der Waals surface area contributed by atoms with Crippen LogP contribution in [0.2, 0.25) is 0 Å². The zero-order chi connectivity index (χ0) is 33.5. The molecule has 0 saturated carbocycles. The number of pyridine rings is 3. The quantitative estimate of drug-likeness (QED) is 0.190. The Kier molecular flexibility index (Phi) is 5.86. The van der Waals surface area contributed by atoms with Gasteiger partial charge in [-0.15, -0.1) is 0 Å². The van der Waals surface area contributed by atoms with Gasteiger partial charge in [-0.05, 0) is 96.1 Å². The van der Waals surface area contributed by atoms with Crippen molar-refractivity contribution in [1.29, 1.82) is 0 Å². The molecule has 0 amide bonds. The van der Waals surface area contributed by atoms with Crippen LogP contribution < -0.4 is 0 Å². The van der Waals surface area contributed by atoms with Crippen molar-refractivity contribution in [2.45, 2.75) is 0 Å². The summed E-state index contributed by atoms with van der Waals surface area (Å²) in [6, 6.07) is 50.7. The van der Waals surface area contributed by atoms with Gasteiger partial charge in [-0.3, -0.25) is 15.0 Å². The van der Waals surface area contributed by atoms with E-state index in [9.17, 15) is 0 Å². The Bertz CT molecular complexity index is 2920. The molecule has 6 heterocycles. The van der Waals surface area contributed by atoms with E-state index in [1.807, 2.05) is 55.0 Å². The van der Waals surface area contributed by atoms with Gasteiger partial charge >= 0.3 is 0 Å². The van der Waals surface area contributed by atoms with Crippen LogP contribution in [0, 0.1) is 0 Å². The molecule has 0 N–H and O–H groups in total. The van der Waals surface area contributed by atoms with E-state index >= 15 is 0 Å². The number of fused-ring (bicyclic) bond motifs is 11. The average molecular weight is 654 g/mol. The lowest BCUT2D eigenvalue weighted by Gasteiger charge is -2.10. The molecule has 0 spiro atoms. The summed E-state index contributed by atoms with van der Waals surface area (Å²) < 4.78 is 11.6. The summed E-state index contributed by atoms with van der Waals surface area (Å²) in [5.41, 5.74) is 14.0. The largest absolute Gasteiger partial charge is 0.454 e. The molecule has 0 saturated heterocycles. The van der Waals surface area contributed by atoms with Crippen LogP contribution in [0.3, 0.4) is 0 Å². The molecule has 51 heavy (non-hydrogen) atoms. The van der Waals surface area contributed by atoms with Gasteiger partial charge in [0.2, 0.25) is 0 Å². The van der Waals surface area contributed by atoms with Crippen molar-refractivity contribution in [1.82, 2.24) is 24.1 Å². The third-order valence-corrected chi connectivity index (χ3v) is 10.1. The highest BCUT2D eigenvalue weighted by atomic mass is 16.3. The first-order valence-corrected chi connectivity index (χ1v) is 17.0. The van der Waals surface area contributed by atoms with E-state index in [0.29, 0.717) is 0 Å². The molecule has 0 radical (unpaired) electrons. The maximum Gasteiger partial charge on any atom is 0.147 e. The maximum absolute atomic E-state index is 7.06. The summed E-state index contributed by atoms with van der Waals surface area (Å²) in [7, 11) is 0. The molecule has 0 unspecified atom stereocenters. The average Bonchev–Trinajstić information content (AvgIpc) is 3.86. The standard InChI is InChI=1S/C45H27N5O/c1-2-10-28(11-3-1)29-12-6-14-31(26-29)49-36-21-19-33-34-20-22-37-41(45(34)51-44(33)40(36)42-38(49)17-8-24-47-42)43-39(18-9-25-48-43)50(37)32-15-7-13-30(27-32)35-16-4-5-23-46-35/h1-27H. The number of rotatable bonds is 4. The van der Waals surface area contributed by atoms with Crippen molar-refractivity contribution in [3.05, 3.63) is 164 Å². The van der Waals surface area contributed by atoms with E-state index < -0.39 is 0 Å². The van der Waals surface area contributed by atoms with Gasteiger partial charge in [0.25, 0.3) is 0 Å². The zero-order valence-corrected chi connectivity index (χ0v) is 27.2. The van der Waals surface area contributed by atoms with Gasteiger partial charge in [0.15, 0.2) is 0 Å². The molecule has 6 nitrogen and oxygen atoms in total. The van der Waals surface area contributed by atoms with Crippen LogP contribution in [0.5, 0.6) is 0 Å². The van der Waals surface area contributed by atoms with Crippen molar-refractivity contribution >= 4 is 65.8 Å². The molecule has 11 aromatic rings. The first-order chi connectivity index (χ1) is 25.3. The zero-order valence-electron chi connectivity index (χ0n) is 27.2. The van der Waals surface area contributed by atoms with Crippen molar-refractivity contribution in [2.24, 2.45) is 0 Å². The van der Waals surface area contributed by atoms with Crippen LogP contribution in [0.25, 0.3) is 99.6 Å². The lowest BCUT2D eigenvalue weighted by molar-refractivity contribution is 0.677. The second-order valence-corrected chi connectivity index (χ2v) is 12.9. The summed E-state index contributed by atoms with van der Waals surface area (Å²) >= 11 is 0. The summed E-state index contributed by atoms with van der Waals surface area (Å²) in [6.45, 7) is 0. The Morgan fingerprint density at radius 1 is 0.392 bits per heavy atom. The summed E-state index contributed by atoms with van der Waals surface area (Å²) in [4.78, 5) is 14.5. The van der Waals surface area contributed by atoms with E-state index in [2.05, 4.69) is 123 Å². The molecule has 0 aliphatic rings. The number of aromatic nitrogens is 5. The highest BCUT2D eigenvalue weighted by molar-refractivity contribution is 6.28. The third-order valence-electron chi connectivity index (χ3n) is 10.1. The Balaban J connectivity index is 1.19. The predicted molar refractivity (Wildman–Crippen MR) is 207 cm³/mol. The monoisotopic (exact) mass is 653 g/mol. The van der Waals surface area contributed by atoms with Gasteiger partial charge < -0.3 is 13.6 Å². The van der Waals surface area contributed by atoms with Gasteiger partial charge in [-0.2, -0.15) is 0 Å². The first kappa shape index (κ1) is 27.9. The molecule has 0 aliphatic carbocycles. The topological polar surface area (TPSA) is 61.7 Å². The Hall–Kier alpha value is -7.05. The van der Waals surface area contributed by atoms with Gasteiger partial charge in [0.1, 0.15) is 22.2 Å². The molecule has 11 rings (SSSR count). The van der Waals surface area contributed by atoms with Crippen molar-refractivity contribution in [3.63, 3.8) is 0 Å². The second-order valence-electron chi connectivity index (χ2n) is 12.9. The molecule has 0 fully saturated rings. The third kappa shape index (κ3) is 4.07. The van der Waals surface area contributed by atoms with E-state index in [0.717, 1.165) is 94.0 Å². The minimum atomic E-state index is 0.821. The Labute approximate surface area is 291 Å². The summed E-state index contributed by atoms with van der Waals surface area (Å²) in [5, 5.41) is 4.09. The van der Waals surface area contributed by atoms with Crippen molar-refractivity contribution in [2.75, 3.05) is 0 Å². The predicted octanol–water partition coefficient (Wildman–Crippen LogP) is 11.3. The second kappa shape index (κ2) is 10.7. The van der Waals surface area contributed by atoms with Crippen molar-refractivity contribution < 1.29 is 4.42 Å². The molecule has 5 aromatic carbocycles. The van der Waals surface area contributed by atoms with Gasteiger partial charge in [-0.1, -0.05) is 60.7 Å². The van der Waals surface area contributed by atoms with E-state index in [1.165, 1.54) is 5.56 Å². The lowest BCUT2D eigenvalue weighted by atomic mass is 10.1. The van der Waals surface area contributed by atoms with Crippen LogP contribution in [-0.4, -0.2) is 24.1 Å². The minimum Gasteiger partial charge on any atom is -0.454 e. The Morgan fingerprint density at radius 2 is 0.941 bits per heavy atom. The van der Waals surface area contributed by atoms with Crippen molar-refractivity contribution in [3.8, 4) is 33.8 Å². The van der Waals surface area contributed by atoms with Crippen LogP contribution >= 0.6 is 0 Å². The number of furan rings is 1. The van der Waals surface area contributed by atoms with Crippen LogP contribution in [0.1, 0.15) is 0 Å². The van der Waals surface area contributed by atoms with Crippen LogP contribution in [-0.2, 0) is 0 Å². The smallest absolute Gasteiger partial charge is 0.147 e. The maximum atomic E-state index is 7.06. The summed E-state index contributed by atoms with van der Waals surface area (Å²) in [6.07, 6.45) is 5.55. The molecule has 238 valence electrons. The van der Waals surface area contributed by atoms with E-state index in [-0.39, 0.29) is 0 Å². The molecule has 0 atom stereocenters. The fourth-order valence-electron chi connectivity index (χ4n) is 7.86.